The second-order valence-electron chi connectivity index (χ2n) is 8.50. The van der Waals surface area contributed by atoms with Gasteiger partial charge in [-0.1, -0.05) is 51.5 Å². The zero-order chi connectivity index (χ0) is 19.6. The lowest BCUT2D eigenvalue weighted by atomic mass is 9.75. The van der Waals surface area contributed by atoms with Gasteiger partial charge >= 0.3 is 5.97 Å². The smallest absolute Gasteiger partial charge is 0.313 e. The van der Waals surface area contributed by atoms with E-state index >= 15 is 0 Å². The fourth-order valence-corrected chi connectivity index (χ4v) is 4.28. The van der Waals surface area contributed by atoms with Crippen LogP contribution in [0.25, 0.3) is 10.8 Å². The Morgan fingerprint density at radius 3 is 2.44 bits per heavy atom. The molecule has 0 bridgehead atoms. The third-order valence-corrected chi connectivity index (χ3v) is 6.15. The van der Waals surface area contributed by atoms with E-state index in [1.165, 1.54) is 6.42 Å². The van der Waals surface area contributed by atoms with Crippen molar-refractivity contribution in [2.24, 2.45) is 17.8 Å². The van der Waals surface area contributed by atoms with Gasteiger partial charge in [-0.2, -0.15) is 0 Å². The van der Waals surface area contributed by atoms with Gasteiger partial charge in [-0.05, 0) is 66.0 Å². The van der Waals surface area contributed by atoms with Gasteiger partial charge in [-0.25, -0.2) is 0 Å². The van der Waals surface area contributed by atoms with E-state index in [9.17, 15) is 4.79 Å². The first-order valence-electron chi connectivity index (χ1n) is 10.2. The summed E-state index contributed by atoms with van der Waals surface area (Å²) in [5.74, 6) is 2.12. The minimum Gasteiger partial charge on any atom is -0.497 e. The molecular weight excluding hydrogens is 336 g/mol. The molecule has 0 radical (unpaired) electrons. The molecule has 1 fully saturated rings. The number of hydrogen-bond acceptors (Lipinski definition) is 3. The molecule has 4 atom stereocenters. The molecule has 1 saturated carbocycles. The number of benzene rings is 2. The van der Waals surface area contributed by atoms with Crippen molar-refractivity contribution in [3.8, 4) is 5.75 Å². The molecule has 3 nitrogen and oxygen atoms in total. The van der Waals surface area contributed by atoms with Crippen molar-refractivity contribution in [3.05, 3.63) is 42.0 Å². The van der Waals surface area contributed by atoms with Gasteiger partial charge in [0.1, 0.15) is 11.9 Å². The Balaban J connectivity index is 1.75. The van der Waals surface area contributed by atoms with Gasteiger partial charge in [0.2, 0.25) is 0 Å². The molecule has 0 amide bonds. The SMILES string of the molecule is COc1ccc2cc([C@H](C)C(=O)O[C@@H]3C[C@H](C)CC[C@H]3C(C)C)ccc2c1. The maximum atomic E-state index is 12.9. The maximum absolute atomic E-state index is 12.9. The molecule has 2 aromatic rings. The molecule has 0 unspecified atom stereocenters. The van der Waals surface area contributed by atoms with Crippen molar-refractivity contribution < 1.29 is 14.3 Å². The first-order valence-corrected chi connectivity index (χ1v) is 10.2. The van der Waals surface area contributed by atoms with Crippen molar-refractivity contribution in [3.63, 3.8) is 0 Å². The van der Waals surface area contributed by atoms with Crippen molar-refractivity contribution in [1.82, 2.24) is 0 Å². The highest BCUT2D eigenvalue weighted by Gasteiger charge is 2.34. The van der Waals surface area contributed by atoms with Crippen LogP contribution in [0.1, 0.15) is 58.4 Å². The standard InChI is InChI=1S/C24H32O3/c1-15(2)22-11-6-16(3)12-23(22)27-24(25)17(4)18-7-8-20-14-21(26-5)10-9-19(20)13-18/h7-10,13-17,22-23H,6,11-12H2,1-5H3/t16-,17+,22+,23-/m1/s1. The first kappa shape index (κ1) is 19.7. The van der Waals surface area contributed by atoms with Crippen LogP contribution in [0.4, 0.5) is 0 Å². The number of ether oxygens (including phenoxy) is 2. The van der Waals surface area contributed by atoms with E-state index in [4.69, 9.17) is 9.47 Å². The van der Waals surface area contributed by atoms with E-state index in [-0.39, 0.29) is 18.0 Å². The molecule has 0 heterocycles. The summed E-state index contributed by atoms with van der Waals surface area (Å²) in [6, 6.07) is 12.2. The van der Waals surface area contributed by atoms with Gasteiger partial charge in [0, 0.05) is 0 Å². The van der Waals surface area contributed by atoms with E-state index in [0.717, 1.165) is 34.9 Å². The minimum absolute atomic E-state index is 0.0495. The average Bonchev–Trinajstić information content (AvgIpc) is 2.66. The van der Waals surface area contributed by atoms with Crippen molar-refractivity contribution in [2.45, 2.75) is 59.0 Å². The van der Waals surface area contributed by atoms with Crippen LogP contribution in [-0.4, -0.2) is 19.2 Å². The van der Waals surface area contributed by atoms with E-state index in [2.05, 4.69) is 32.9 Å². The van der Waals surface area contributed by atoms with Crippen LogP contribution < -0.4 is 4.74 Å². The molecule has 0 spiro atoms. The summed E-state index contributed by atoms with van der Waals surface area (Å²) in [4.78, 5) is 12.9. The predicted molar refractivity (Wildman–Crippen MR) is 110 cm³/mol. The zero-order valence-electron chi connectivity index (χ0n) is 17.2. The number of carbonyl (C=O) groups excluding carboxylic acids is 1. The van der Waals surface area contributed by atoms with Gasteiger partial charge in [0.25, 0.3) is 0 Å². The van der Waals surface area contributed by atoms with Crippen molar-refractivity contribution in [2.75, 3.05) is 7.11 Å². The van der Waals surface area contributed by atoms with Gasteiger partial charge in [0.15, 0.2) is 0 Å². The van der Waals surface area contributed by atoms with Crippen molar-refractivity contribution >= 4 is 16.7 Å². The number of rotatable bonds is 5. The van der Waals surface area contributed by atoms with Crippen LogP contribution in [0.3, 0.4) is 0 Å². The Labute approximate surface area is 163 Å². The number of esters is 1. The molecule has 1 aliphatic rings. The molecule has 0 saturated heterocycles. The normalized spacial score (nSPS) is 24.0. The molecule has 0 aliphatic heterocycles. The molecule has 2 aromatic carbocycles. The summed E-state index contributed by atoms with van der Waals surface area (Å²) in [6.07, 6.45) is 3.43. The van der Waals surface area contributed by atoms with Crippen LogP contribution >= 0.6 is 0 Å². The van der Waals surface area contributed by atoms with Gasteiger partial charge < -0.3 is 9.47 Å². The van der Waals surface area contributed by atoms with Crippen molar-refractivity contribution in [1.29, 1.82) is 0 Å². The Hall–Kier alpha value is -2.03. The summed E-state index contributed by atoms with van der Waals surface area (Å²) >= 11 is 0. The monoisotopic (exact) mass is 368 g/mol. The largest absolute Gasteiger partial charge is 0.497 e. The molecule has 3 heteroatoms. The fraction of sp³-hybridized carbons (Fsp3) is 0.542. The summed E-state index contributed by atoms with van der Waals surface area (Å²) in [5, 5.41) is 2.22. The molecule has 0 aromatic heterocycles. The zero-order valence-corrected chi connectivity index (χ0v) is 17.2. The van der Waals surface area contributed by atoms with E-state index in [1.807, 2.05) is 31.2 Å². The van der Waals surface area contributed by atoms with Crippen LogP contribution in [0.2, 0.25) is 0 Å². The lowest BCUT2D eigenvalue weighted by Crippen LogP contribution is -2.36. The Morgan fingerprint density at radius 2 is 1.74 bits per heavy atom. The van der Waals surface area contributed by atoms with Gasteiger partial charge in [0.05, 0.1) is 13.0 Å². The average molecular weight is 369 g/mol. The Bertz CT molecular complexity index is 795. The van der Waals surface area contributed by atoms with Crippen LogP contribution in [0.5, 0.6) is 5.75 Å². The van der Waals surface area contributed by atoms with E-state index in [0.29, 0.717) is 17.8 Å². The molecule has 1 aliphatic carbocycles. The second-order valence-corrected chi connectivity index (χ2v) is 8.50. The summed E-state index contributed by atoms with van der Waals surface area (Å²) < 4.78 is 11.3. The first-order chi connectivity index (χ1) is 12.9. The summed E-state index contributed by atoms with van der Waals surface area (Å²) in [7, 11) is 1.67. The summed E-state index contributed by atoms with van der Waals surface area (Å²) in [6.45, 7) is 8.69. The lowest BCUT2D eigenvalue weighted by molar-refractivity contribution is -0.157. The fourth-order valence-electron chi connectivity index (χ4n) is 4.28. The molecular formula is C24H32O3. The summed E-state index contributed by atoms with van der Waals surface area (Å²) in [5.41, 5.74) is 1.00. The van der Waals surface area contributed by atoms with E-state index < -0.39 is 0 Å². The minimum atomic E-state index is -0.262. The van der Waals surface area contributed by atoms with Gasteiger partial charge in [-0.3, -0.25) is 4.79 Å². The highest BCUT2D eigenvalue weighted by atomic mass is 16.5. The third kappa shape index (κ3) is 4.45. The highest BCUT2D eigenvalue weighted by molar-refractivity contribution is 5.86. The number of fused-ring (bicyclic) bond motifs is 1. The molecule has 3 rings (SSSR count). The van der Waals surface area contributed by atoms with E-state index in [1.54, 1.807) is 7.11 Å². The number of methoxy groups -OCH3 is 1. The predicted octanol–water partition coefficient (Wildman–Crippen LogP) is 5.96. The number of carbonyl (C=O) groups is 1. The molecule has 0 N–H and O–H groups in total. The van der Waals surface area contributed by atoms with Gasteiger partial charge in [-0.15, -0.1) is 0 Å². The number of hydrogen-bond donors (Lipinski definition) is 0. The second kappa shape index (κ2) is 8.33. The highest BCUT2D eigenvalue weighted by Crippen LogP contribution is 2.36. The van der Waals surface area contributed by atoms with Crippen LogP contribution in [0, 0.1) is 17.8 Å². The van der Waals surface area contributed by atoms with Crippen LogP contribution in [0.15, 0.2) is 36.4 Å². The molecule has 146 valence electrons. The lowest BCUT2D eigenvalue weighted by Gasteiger charge is -2.37. The quantitative estimate of drug-likeness (QED) is 0.611. The Morgan fingerprint density at radius 1 is 1.04 bits per heavy atom. The Kier molecular flexibility index (Phi) is 6.08. The maximum Gasteiger partial charge on any atom is 0.313 e. The molecule has 27 heavy (non-hydrogen) atoms. The topological polar surface area (TPSA) is 35.5 Å². The third-order valence-electron chi connectivity index (χ3n) is 6.15. The van der Waals surface area contributed by atoms with Crippen LogP contribution in [-0.2, 0) is 9.53 Å².